The Balaban J connectivity index is 1.29. The Morgan fingerprint density at radius 1 is 0.960 bits per heavy atom. The summed E-state index contributed by atoms with van der Waals surface area (Å²) in [5, 5.41) is -0.0575. The van der Waals surface area contributed by atoms with Gasteiger partial charge in [-0.3, -0.25) is 4.90 Å². The molecular formula is C20H30N2O2S. The predicted octanol–water partition coefficient (Wildman–Crippen LogP) is 3.17. The van der Waals surface area contributed by atoms with Crippen LogP contribution >= 0.6 is 0 Å². The highest BCUT2D eigenvalue weighted by Crippen LogP contribution is 2.43. The molecule has 4 rings (SSSR count). The van der Waals surface area contributed by atoms with Crippen molar-refractivity contribution in [3.63, 3.8) is 0 Å². The molecule has 2 heterocycles. The molecule has 1 aromatic rings. The highest BCUT2D eigenvalue weighted by molar-refractivity contribution is 7.90. The van der Waals surface area contributed by atoms with E-state index in [9.17, 15) is 8.42 Å². The van der Waals surface area contributed by atoms with Gasteiger partial charge in [-0.2, -0.15) is 0 Å². The zero-order valence-corrected chi connectivity index (χ0v) is 16.1. The number of piperidine rings is 2. The molecule has 0 radical (unpaired) electrons. The van der Waals surface area contributed by atoms with E-state index in [2.05, 4.69) is 36.1 Å². The van der Waals surface area contributed by atoms with Gasteiger partial charge in [0.15, 0.2) is 0 Å². The van der Waals surface area contributed by atoms with Gasteiger partial charge in [0.25, 0.3) is 0 Å². The largest absolute Gasteiger partial charge is 0.299 e. The Kier molecular flexibility index (Phi) is 4.67. The molecule has 138 valence electrons. The van der Waals surface area contributed by atoms with Crippen LogP contribution in [0.2, 0.25) is 0 Å². The van der Waals surface area contributed by atoms with Gasteiger partial charge in [0.2, 0.25) is 10.0 Å². The number of nitrogens with zero attached hydrogens (tertiary/aromatic N) is 2. The van der Waals surface area contributed by atoms with Gasteiger partial charge in [-0.25, -0.2) is 12.7 Å². The second-order valence-electron chi connectivity index (χ2n) is 8.41. The van der Waals surface area contributed by atoms with Crippen LogP contribution in [-0.4, -0.2) is 49.1 Å². The first-order valence-electron chi connectivity index (χ1n) is 9.74. The molecule has 4 nitrogen and oxygen atoms in total. The maximum absolute atomic E-state index is 12.4. The molecule has 0 aromatic heterocycles. The van der Waals surface area contributed by atoms with E-state index >= 15 is 0 Å². The van der Waals surface area contributed by atoms with Crippen LogP contribution in [0.4, 0.5) is 0 Å². The van der Waals surface area contributed by atoms with Crippen molar-refractivity contribution in [3.8, 4) is 0 Å². The number of hydrogen-bond acceptors (Lipinski definition) is 3. The number of likely N-dealkylation sites (tertiary alicyclic amines) is 1. The Morgan fingerprint density at radius 2 is 1.52 bits per heavy atom. The maximum Gasteiger partial charge on any atom is 0.216 e. The van der Waals surface area contributed by atoms with Crippen molar-refractivity contribution in [2.75, 3.05) is 26.2 Å². The highest BCUT2D eigenvalue weighted by atomic mass is 32.2. The Morgan fingerprint density at radius 3 is 2.08 bits per heavy atom. The Bertz CT molecular complexity index is 692. The van der Waals surface area contributed by atoms with Crippen LogP contribution in [-0.2, 0) is 16.6 Å². The smallest absolute Gasteiger partial charge is 0.216 e. The molecule has 0 N–H and O–H groups in total. The predicted molar refractivity (Wildman–Crippen MR) is 101 cm³/mol. The van der Waals surface area contributed by atoms with Crippen molar-refractivity contribution >= 4 is 10.0 Å². The molecule has 2 aliphatic heterocycles. The van der Waals surface area contributed by atoms with Gasteiger partial charge in [-0.1, -0.05) is 29.8 Å². The Hall–Kier alpha value is -0.910. The molecule has 1 aromatic carbocycles. The first kappa shape index (κ1) is 17.5. The van der Waals surface area contributed by atoms with Crippen molar-refractivity contribution in [2.45, 2.75) is 57.2 Å². The summed E-state index contributed by atoms with van der Waals surface area (Å²) in [6.45, 7) is 6.95. The Labute approximate surface area is 152 Å². The molecule has 2 saturated heterocycles. The number of sulfonamides is 1. The van der Waals surface area contributed by atoms with Crippen molar-refractivity contribution in [1.29, 1.82) is 0 Å². The van der Waals surface area contributed by atoms with E-state index in [0.29, 0.717) is 5.41 Å². The monoisotopic (exact) mass is 362 g/mol. The third kappa shape index (κ3) is 3.79. The van der Waals surface area contributed by atoms with Gasteiger partial charge in [-0.15, -0.1) is 0 Å². The lowest BCUT2D eigenvalue weighted by molar-refractivity contribution is 0.0529. The number of hydrogen-bond donors (Lipinski definition) is 0. The molecule has 3 fully saturated rings. The van der Waals surface area contributed by atoms with E-state index in [1.54, 1.807) is 4.31 Å². The first-order chi connectivity index (χ1) is 12.0. The van der Waals surface area contributed by atoms with E-state index in [1.165, 1.54) is 24.0 Å². The molecule has 0 unspecified atom stereocenters. The zero-order chi connectivity index (χ0) is 17.5. The fourth-order valence-corrected chi connectivity index (χ4v) is 6.27. The summed E-state index contributed by atoms with van der Waals surface area (Å²) in [6, 6.07) is 8.86. The average Bonchev–Trinajstić information content (AvgIpc) is 3.45. The average molecular weight is 363 g/mol. The molecule has 0 amide bonds. The third-order valence-electron chi connectivity index (χ3n) is 6.53. The van der Waals surface area contributed by atoms with Gasteiger partial charge in [-0.05, 0) is 69.5 Å². The standard InChI is InChI=1S/C20H30N2O2S/c1-17-2-4-18(5-3-17)16-21-12-8-20(9-13-21)10-14-22(15-11-20)25(23,24)19-6-7-19/h2-5,19H,6-16H2,1H3. The third-order valence-corrected chi connectivity index (χ3v) is 8.93. The van der Waals surface area contributed by atoms with E-state index in [4.69, 9.17) is 0 Å². The van der Waals surface area contributed by atoms with Gasteiger partial charge in [0, 0.05) is 19.6 Å². The van der Waals surface area contributed by atoms with E-state index in [1.807, 2.05) is 0 Å². The van der Waals surface area contributed by atoms with E-state index in [0.717, 1.165) is 58.4 Å². The number of aryl methyl sites for hydroxylation is 1. The normalized spacial score (nSPS) is 25.3. The quantitative estimate of drug-likeness (QED) is 0.826. The first-order valence-corrected chi connectivity index (χ1v) is 11.2. The van der Waals surface area contributed by atoms with Gasteiger partial charge >= 0.3 is 0 Å². The van der Waals surface area contributed by atoms with Crippen LogP contribution < -0.4 is 0 Å². The summed E-state index contributed by atoms with van der Waals surface area (Å²) in [6.07, 6.45) is 6.29. The molecule has 25 heavy (non-hydrogen) atoms. The van der Waals surface area contributed by atoms with Crippen molar-refractivity contribution in [2.24, 2.45) is 5.41 Å². The van der Waals surface area contributed by atoms with Crippen LogP contribution in [0.15, 0.2) is 24.3 Å². The lowest BCUT2D eigenvalue weighted by atomic mass is 9.71. The van der Waals surface area contributed by atoms with Crippen molar-refractivity contribution < 1.29 is 8.42 Å². The summed E-state index contributed by atoms with van der Waals surface area (Å²) >= 11 is 0. The van der Waals surface area contributed by atoms with Gasteiger partial charge in [0.05, 0.1) is 5.25 Å². The minimum absolute atomic E-state index is 0.0575. The molecule has 5 heteroatoms. The molecule has 3 aliphatic rings. The summed E-state index contributed by atoms with van der Waals surface area (Å²) in [7, 11) is -2.98. The lowest BCUT2D eigenvalue weighted by Crippen LogP contribution is -2.48. The summed E-state index contributed by atoms with van der Waals surface area (Å²) in [5.74, 6) is 0. The molecular weight excluding hydrogens is 332 g/mol. The zero-order valence-electron chi connectivity index (χ0n) is 15.3. The van der Waals surface area contributed by atoms with Crippen molar-refractivity contribution in [1.82, 2.24) is 9.21 Å². The van der Waals surface area contributed by atoms with Crippen LogP contribution in [0.5, 0.6) is 0 Å². The van der Waals surface area contributed by atoms with E-state index in [-0.39, 0.29) is 5.25 Å². The van der Waals surface area contributed by atoms with Crippen molar-refractivity contribution in [3.05, 3.63) is 35.4 Å². The lowest BCUT2D eigenvalue weighted by Gasteiger charge is -2.46. The van der Waals surface area contributed by atoms with Crippen LogP contribution in [0.1, 0.15) is 49.7 Å². The minimum atomic E-state index is -2.98. The molecule has 1 spiro atoms. The maximum atomic E-state index is 12.4. The van der Waals surface area contributed by atoms with Crippen LogP contribution in [0.3, 0.4) is 0 Å². The second kappa shape index (κ2) is 6.67. The van der Waals surface area contributed by atoms with Gasteiger partial charge < -0.3 is 0 Å². The fraction of sp³-hybridized carbons (Fsp3) is 0.700. The fourth-order valence-electron chi connectivity index (χ4n) is 4.43. The highest BCUT2D eigenvalue weighted by Gasteiger charge is 2.44. The van der Waals surface area contributed by atoms with Crippen LogP contribution in [0, 0.1) is 12.3 Å². The number of benzene rings is 1. The molecule has 1 aliphatic carbocycles. The molecule has 1 saturated carbocycles. The SMILES string of the molecule is Cc1ccc(CN2CCC3(CC2)CCN(S(=O)(=O)C2CC2)CC3)cc1. The second-order valence-corrected chi connectivity index (χ2v) is 10.6. The summed E-state index contributed by atoms with van der Waals surface area (Å²) in [4.78, 5) is 2.56. The minimum Gasteiger partial charge on any atom is -0.299 e. The summed E-state index contributed by atoms with van der Waals surface area (Å²) in [5.41, 5.74) is 3.10. The van der Waals surface area contributed by atoms with E-state index < -0.39 is 10.0 Å². The molecule has 0 bridgehead atoms. The summed E-state index contributed by atoms with van der Waals surface area (Å²) < 4.78 is 26.6. The number of rotatable bonds is 4. The topological polar surface area (TPSA) is 40.6 Å². The molecule has 0 atom stereocenters. The van der Waals surface area contributed by atoms with Gasteiger partial charge in [0.1, 0.15) is 0 Å². The van der Waals surface area contributed by atoms with Crippen LogP contribution in [0.25, 0.3) is 0 Å².